The predicted octanol–water partition coefficient (Wildman–Crippen LogP) is 0.316. The Morgan fingerprint density at radius 3 is 2.71 bits per heavy atom. The molecule has 0 unspecified atom stereocenters. The van der Waals surface area contributed by atoms with E-state index >= 15 is 0 Å². The van der Waals surface area contributed by atoms with E-state index in [1.807, 2.05) is 0 Å². The number of amides is 1. The van der Waals surface area contributed by atoms with E-state index in [-0.39, 0.29) is 11.8 Å². The Kier molecular flexibility index (Phi) is 4.32. The molecule has 0 spiro atoms. The average Bonchev–Trinajstić information content (AvgIpc) is 2.26. The highest BCUT2D eigenvalue weighted by Gasteiger charge is 2.20. The van der Waals surface area contributed by atoms with Gasteiger partial charge in [0.1, 0.15) is 5.84 Å². The maximum absolute atomic E-state index is 11.7. The van der Waals surface area contributed by atoms with Gasteiger partial charge in [0.25, 0.3) is 0 Å². The van der Waals surface area contributed by atoms with Crippen LogP contribution in [-0.4, -0.2) is 31.9 Å². The van der Waals surface area contributed by atoms with Crippen LogP contribution in [0.5, 0.6) is 0 Å². The first-order valence-electron chi connectivity index (χ1n) is 4.88. The van der Waals surface area contributed by atoms with Gasteiger partial charge in [-0.1, -0.05) is 6.58 Å². The molecule has 0 aromatic carbocycles. The largest absolute Gasteiger partial charge is 0.317 e. The molecule has 4 nitrogen and oxygen atoms in total. The number of nitrogens with one attached hydrogen (secondary N) is 2. The van der Waals surface area contributed by atoms with Crippen molar-refractivity contribution in [3.05, 3.63) is 12.7 Å². The number of piperidine rings is 1. The molecule has 1 saturated heterocycles. The maximum atomic E-state index is 11.7. The van der Waals surface area contributed by atoms with Crippen LogP contribution in [0.25, 0.3) is 0 Å². The minimum absolute atomic E-state index is 0.0620. The number of amidine groups is 1. The van der Waals surface area contributed by atoms with Gasteiger partial charge in [-0.3, -0.25) is 9.79 Å². The SMILES string of the molecule is C=CC(=NC)NC(=O)C1CCNCC1. The predicted molar refractivity (Wildman–Crippen MR) is 57.3 cm³/mol. The van der Waals surface area contributed by atoms with Crippen LogP contribution in [0, 0.1) is 5.92 Å². The van der Waals surface area contributed by atoms with Crippen LogP contribution in [0.1, 0.15) is 12.8 Å². The summed E-state index contributed by atoms with van der Waals surface area (Å²) < 4.78 is 0. The molecule has 1 fully saturated rings. The minimum atomic E-state index is 0.0620. The zero-order valence-corrected chi connectivity index (χ0v) is 8.55. The monoisotopic (exact) mass is 195 g/mol. The molecule has 78 valence electrons. The van der Waals surface area contributed by atoms with Gasteiger partial charge in [-0.05, 0) is 32.0 Å². The Bertz CT molecular complexity index is 242. The summed E-state index contributed by atoms with van der Waals surface area (Å²) in [5.41, 5.74) is 0. The third kappa shape index (κ3) is 2.96. The molecular weight excluding hydrogens is 178 g/mol. The van der Waals surface area contributed by atoms with E-state index in [2.05, 4.69) is 22.2 Å². The molecule has 1 amide bonds. The van der Waals surface area contributed by atoms with Crippen molar-refractivity contribution >= 4 is 11.7 Å². The van der Waals surface area contributed by atoms with Crippen LogP contribution < -0.4 is 10.6 Å². The number of nitrogens with zero attached hydrogens (tertiary/aromatic N) is 1. The van der Waals surface area contributed by atoms with Crippen molar-refractivity contribution in [3.8, 4) is 0 Å². The molecule has 1 aliphatic heterocycles. The Balaban J connectivity index is 2.44. The van der Waals surface area contributed by atoms with Crippen LogP contribution >= 0.6 is 0 Å². The minimum Gasteiger partial charge on any atom is -0.317 e. The highest BCUT2D eigenvalue weighted by Crippen LogP contribution is 2.11. The number of rotatable bonds is 2. The van der Waals surface area contributed by atoms with E-state index in [9.17, 15) is 4.79 Å². The summed E-state index contributed by atoms with van der Waals surface area (Å²) >= 11 is 0. The van der Waals surface area contributed by atoms with E-state index in [4.69, 9.17) is 0 Å². The standard InChI is InChI=1S/C10H17N3O/c1-3-9(11-2)13-10(14)8-4-6-12-7-5-8/h3,8,12H,1,4-7H2,2H3,(H,11,13,14). The van der Waals surface area contributed by atoms with Gasteiger partial charge in [-0.25, -0.2) is 0 Å². The lowest BCUT2D eigenvalue weighted by molar-refractivity contribution is -0.124. The summed E-state index contributed by atoms with van der Waals surface area (Å²) in [5, 5.41) is 5.97. The molecule has 0 saturated carbocycles. The van der Waals surface area contributed by atoms with Gasteiger partial charge in [-0.15, -0.1) is 0 Å². The second kappa shape index (κ2) is 5.54. The van der Waals surface area contributed by atoms with Crippen molar-refractivity contribution in [1.82, 2.24) is 10.6 Å². The second-order valence-corrected chi connectivity index (χ2v) is 3.33. The number of carbonyl (C=O) groups excluding carboxylic acids is 1. The molecule has 4 heteroatoms. The van der Waals surface area contributed by atoms with Crippen molar-refractivity contribution in [1.29, 1.82) is 0 Å². The second-order valence-electron chi connectivity index (χ2n) is 3.33. The van der Waals surface area contributed by atoms with Crippen LogP contribution in [0.15, 0.2) is 17.6 Å². The van der Waals surface area contributed by atoms with Crippen molar-refractivity contribution in [2.24, 2.45) is 10.9 Å². The smallest absolute Gasteiger partial charge is 0.228 e. The van der Waals surface area contributed by atoms with E-state index in [1.165, 1.54) is 0 Å². The molecule has 1 heterocycles. The highest BCUT2D eigenvalue weighted by molar-refractivity contribution is 6.04. The van der Waals surface area contributed by atoms with Gasteiger partial charge >= 0.3 is 0 Å². The van der Waals surface area contributed by atoms with Gasteiger partial charge < -0.3 is 10.6 Å². The fourth-order valence-electron chi connectivity index (χ4n) is 1.51. The van der Waals surface area contributed by atoms with E-state index in [0.717, 1.165) is 25.9 Å². The van der Waals surface area contributed by atoms with Gasteiger partial charge in [0.15, 0.2) is 0 Å². The lowest BCUT2D eigenvalue weighted by Gasteiger charge is -2.21. The number of hydrogen-bond donors (Lipinski definition) is 2. The fourth-order valence-corrected chi connectivity index (χ4v) is 1.51. The molecule has 1 aliphatic rings. The van der Waals surface area contributed by atoms with Crippen LogP contribution in [-0.2, 0) is 4.79 Å². The van der Waals surface area contributed by atoms with Crippen molar-refractivity contribution < 1.29 is 4.79 Å². The zero-order valence-electron chi connectivity index (χ0n) is 8.55. The Morgan fingerprint density at radius 2 is 2.21 bits per heavy atom. The van der Waals surface area contributed by atoms with E-state index in [1.54, 1.807) is 13.1 Å². The summed E-state index contributed by atoms with van der Waals surface area (Å²) in [4.78, 5) is 15.6. The Morgan fingerprint density at radius 1 is 1.57 bits per heavy atom. The highest BCUT2D eigenvalue weighted by atomic mass is 16.1. The first-order chi connectivity index (χ1) is 6.77. The Hall–Kier alpha value is -1.16. The number of carbonyl (C=O) groups is 1. The molecule has 0 radical (unpaired) electrons. The van der Waals surface area contributed by atoms with Crippen LogP contribution in [0.2, 0.25) is 0 Å². The average molecular weight is 195 g/mol. The lowest BCUT2D eigenvalue weighted by Crippen LogP contribution is -2.40. The normalized spacial score (nSPS) is 19.1. The van der Waals surface area contributed by atoms with Gasteiger partial charge in [0, 0.05) is 13.0 Å². The van der Waals surface area contributed by atoms with Gasteiger partial charge in [0.2, 0.25) is 5.91 Å². The maximum Gasteiger partial charge on any atom is 0.228 e. The lowest BCUT2D eigenvalue weighted by atomic mass is 9.97. The molecule has 0 aromatic rings. The van der Waals surface area contributed by atoms with E-state index < -0.39 is 0 Å². The molecule has 0 aliphatic carbocycles. The van der Waals surface area contributed by atoms with Crippen molar-refractivity contribution in [2.45, 2.75) is 12.8 Å². The first kappa shape index (κ1) is 10.9. The summed E-state index contributed by atoms with van der Waals surface area (Å²) in [6.07, 6.45) is 3.36. The van der Waals surface area contributed by atoms with Crippen molar-refractivity contribution in [3.63, 3.8) is 0 Å². The van der Waals surface area contributed by atoms with Gasteiger partial charge in [-0.2, -0.15) is 0 Å². The quantitative estimate of drug-likeness (QED) is 0.492. The fraction of sp³-hybridized carbons (Fsp3) is 0.600. The molecule has 14 heavy (non-hydrogen) atoms. The number of hydrogen-bond acceptors (Lipinski definition) is 3. The molecule has 0 aromatic heterocycles. The Labute approximate surface area is 84.5 Å². The van der Waals surface area contributed by atoms with Crippen LogP contribution in [0.4, 0.5) is 0 Å². The van der Waals surface area contributed by atoms with Gasteiger partial charge in [0.05, 0.1) is 0 Å². The topological polar surface area (TPSA) is 53.5 Å². The zero-order chi connectivity index (χ0) is 10.4. The first-order valence-corrected chi connectivity index (χ1v) is 4.88. The van der Waals surface area contributed by atoms with Crippen LogP contribution in [0.3, 0.4) is 0 Å². The van der Waals surface area contributed by atoms with Crippen molar-refractivity contribution in [2.75, 3.05) is 20.1 Å². The molecule has 2 N–H and O–H groups in total. The molecule has 0 atom stereocenters. The molecular formula is C10H17N3O. The number of aliphatic imine (C=N–C) groups is 1. The third-order valence-corrected chi connectivity index (χ3v) is 2.40. The summed E-state index contributed by atoms with van der Waals surface area (Å²) in [5.74, 6) is 0.730. The summed E-state index contributed by atoms with van der Waals surface area (Å²) in [6.45, 7) is 5.42. The molecule has 1 rings (SSSR count). The molecule has 0 bridgehead atoms. The third-order valence-electron chi connectivity index (χ3n) is 2.40. The summed E-state index contributed by atoms with van der Waals surface area (Å²) in [7, 11) is 1.64. The summed E-state index contributed by atoms with van der Waals surface area (Å²) in [6, 6.07) is 0. The van der Waals surface area contributed by atoms with E-state index in [0.29, 0.717) is 5.84 Å².